The molecule has 0 radical (unpaired) electrons. The first-order valence-electron chi connectivity index (χ1n) is 7.20. The molecule has 1 rings (SSSR count). The highest BCUT2D eigenvalue weighted by Gasteiger charge is 2.30. The molecular formula is C12H19N3O7S2. The van der Waals surface area contributed by atoms with E-state index < -0.39 is 23.1 Å². The molecule has 0 aromatic heterocycles. The van der Waals surface area contributed by atoms with Crippen LogP contribution in [0.15, 0.2) is 0 Å². The Morgan fingerprint density at radius 3 is 2.62 bits per heavy atom. The summed E-state index contributed by atoms with van der Waals surface area (Å²) in [6, 6.07) is -0.709. The normalized spacial score (nSPS) is 15.0. The Balaban J connectivity index is 2.08. The Bertz CT molecular complexity index is 478. The van der Waals surface area contributed by atoms with Crippen molar-refractivity contribution in [1.82, 2.24) is 10.2 Å². The molecule has 12 heteroatoms. The van der Waals surface area contributed by atoms with Crippen molar-refractivity contribution in [2.75, 3.05) is 31.3 Å². The first-order chi connectivity index (χ1) is 11.4. The lowest BCUT2D eigenvalue weighted by molar-refractivity contribution is -0.756. The zero-order valence-corrected chi connectivity index (χ0v) is 14.7. The third kappa shape index (κ3) is 7.73. The zero-order chi connectivity index (χ0) is 17.9. The largest absolute Gasteiger partial charge is 0.448 e. The van der Waals surface area contributed by atoms with E-state index in [4.69, 9.17) is 4.74 Å². The summed E-state index contributed by atoms with van der Waals surface area (Å²) in [5, 5.41) is 11.1. The summed E-state index contributed by atoms with van der Waals surface area (Å²) in [5.74, 6) is 0.220. The van der Waals surface area contributed by atoms with Gasteiger partial charge >= 0.3 is 6.09 Å². The van der Waals surface area contributed by atoms with E-state index in [0.29, 0.717) is 30.9 Å². The second-order valence-corrected chi connectivity index (χ2v) is 7.39. The lowest BCUT2D eigenvalue weighted by Crippen LogP contribution is -2.47. The van der Waals surface area contributed by atoms with Gasteiger partial charge in [-0.3, -0.25) is 14.9 Å². The molecule has 1 saturated heterocycles. The van der Waals surface area contributed by atoms with E-state index in [2.05, 4.69) is 10.2 Å². The number of likely N-dealkylation sites (tertiary alicyclic amines) is 1. The number of alkyl carbamates (subject to hydrolysis) is 1. The number of hydrogen-bond donors (Lipinski definition) is 1. The molecule has 0 saturated carbocycles. The van der Waals surface area contributed by atoms with Gasteiger partial charge in [-0.05, 0) is 13.3 Å². The Labute approximate surface area is 146 Å². The maximum absolute atomic E-state index is 11.9. The van der Waals surface area contributed by atoms with Gasteiger partial charge in [0.05, 0.1) is 0 Å². The third-order valence-electron chi connectivity index (χ3n) is 3.03. The van der Waals surface area contributed by atoms with E-state index in [-0.39, 0.29) is 19.1 Å². The van der Waals surface area contributed by atoms with Gasteiger partial charge in [-0.25, -0.2) is 4.79 Å². The van der Waals surface area contributed by atoms with Gasteiger partial charge in [0.2, 0.25) is 5.91 Å². The third-order valence-corrected chi connectivity index (χ3v) is 5.36. The highest BCUT2D eigenvalue weighted by molar-refractivity contribution is 8.76. The Hall–Kier alpha value is -1.69. The first-order valence-corrected chi connectivity index (χ1v) is 9.69. The Morgan fingerprint density at radius 1 is 1.38 bits per heavy atom. The molecule has 3 amide bonds. The lowest BCUT2D eigenvalue weighted by Gasteiger charge is -2.22. The summed E-state index contributed by atoms with van der Waals surface area (Å²) in [6.07, 6.45) is 0.271. The molecule has 0 spiro atoms. The van der Waals surface area contributed by atoms with Crippen LogP contribution >= 0.6 is 21.6 Å². The highest BCUT2D eigenvalue weighted by Crippen LogP contribution is 2.20. The van der Waals surface area contributed by atoms with Gasteiger partial charge in [-0.2, -0.15) is 0 Å². The van der Waals surface area contributed by atoms with Crippen molar-refractivity contribution < 1.29 is 29.0 Å². The molecule has 136 valence electrons. The minimum absolute atomic E-state index is 0.00633. The number of hydrogen-bond acceptors (Lipinski definition) is 9. The van der Waals surface area contributed by atoms with Gasteiger partial charge < -0.3 is 14.5 Å². The van der Waals surface area contributed by atoms with Crippen LogP contribution in [0.4, 0.5) is 4.79 Å². The van der Waals surface area contributed by atoms with Crippen molar-refractivity contribution in [2.24, 2.45) is 0 Å². The van der Waals surface area contributed by atoms with E-state index in [1.165, 1.54) is 26.5 Å². The van der Waals surface area contributed by atoms with Crippen LogP contribution in [-0.2, 0) is 19.2 Å². The van der Waals surface area contributed by atoms with Gasteiger partial charge in [0, 0.05) is 24.5 Å². The molecule has 0 unspecified atom stereocenters. The van der Waals surface area contributed by atoms with Gasteiger partial charge in [0.1, 0.15) is 19.3 Å². The topological polar surface area (TPSA) is 128 Å². The van der Waals surface area contributed by atoms with Crippen LogP contribution in [0, 0.1) is 10.1 Å². The number of nitrogens with one attached hydrogen (secondary N) is 1. The van der Waals surface area contributed by atoms with Crippen molar-refractivity contribution >= 4 is 39.5 Å². The molecule has 1 heterocycles. The van der Waals surface area contributed by atoms with Gasteiger partial charge in [0.25, 0.3) is 11.0 Å². The second kappa shape index (κ2) is 11.0. The lowest BCUT2D eigenvalue weighted by atomic mass is 10.3. The SMILES string of the molecule is C[C@@H](C(=O)NC(=O)OCCSSCCO[N+](=O)[O-])N1CCCC1=O. The molecule has 24 heavy (non-hydrogen) atoms. The molecule has 1 aliphatic rings. The van der Waals surface area contributed by atoms with Crippen LogP contribution in [0.25, 0.3) is 0 Å². The molecule has 1 N–H and O–H groups in total. The number of rotatable bonds is 10. The van der Waals surface area contributed by atoms with Gasteiger partial charge in [-0.1, -0.05) is 21.6 Å². The van der Waals surface area contributed by atoms with Crippen molar-refractivity contribution in [2.45, 2.75) is 25.8 Å². The smallest absolute Gasteiger partial charge is 0.413 e. The molecule has 1 atom stereocenters. The Morgan fingerprint density at radius 2 is 2.04 bits per heavy atom. The molecule has 0 aliphatic carbocycles. The predicted octanol–water partition coefficient (Wildman–Crippen LogP) is 0.840. The number of imide groups is 1. The number of ether oxygens (including phenoxy) is 1. The number of carbonyl (C=O) groups excluding carboxylic acids is 3. The van der Waals surface area contributed by atoms with E-state index in [1.54, 1.807) is 6.92 Å². The van der Waals surface area contributed by atoms with E-state index in [1.807, 2.05) is 0 Å². The van der Waals surface area contributed by atoms with Crippen LogP contribution in [0.3, 0.4) is 0 Å². The average Bonchev–Trinajstić information content (AvgIpc) is 2.94. The molecule has 10 nitrogen and oxygen atoms in total. The highest BCUT2D eigenvalue weighted by atomic mass is 33.1. The fraction of sp³-hybridized carbons (Fsp3) is 0.750. The maximum Gasteiger partial charge on any atom is 0.413 e. The Kier molecular flexibility index (Phi) is 9.30. The molecule has 1 aliphatic heterocycles. The van der Waals surface area contributed by atoms with E-state index in [0.717, 1.165) is 0 Å². The summed E-state index contributed by atoms with van der Waals surface area (Å²) < 4.78 is 4.85. The molecule has 0 aromatic rings. The quantitative estimate of drug-likeness (QED) is 0.253. The van der Waals surface area contributed by atoms with Crippen molar-refractivity contribution in [1.29, 1.82) is 0 Å². The summed E-state index contributed by atoms with van der Waals surface area (Å²) >= 11 is 0. The zero-order valence-electron chi connectivity index (χ0n) is 13.1. The number of amides is 3. The summed E-state index contributed by atoms with van der Waals surface area (Å²) in [6.45, 7) is 2.15. The molecular weight excluding hydrogens is 362 g/mol. The second-order valence-electron chi connectivity index (χ2n) is 4.69. The van der Waals surface area contributed by atoms with Crippen molar-refractivity contribution in [3.8, 4) is 0 Å². The molecule has 1 fully saturated rings. The van der Waals surface area contributed by atoms with Crippen LogP contribution in [0.1, 0.15) is 19.8 Å². The summed E-state index contributed by atoms with van der Waals surface area (Å²) in [4.78, 5) is 50.4. The monoisotopic (exact) mass is 381 g/mol. The van der Waals surface area contributed by atoms with Crippen molar-refractivity contribution in [3.63, 3.8) is 0 Å². The van der Waals surface area contributed by atoms with Crippen LogP contribution < -0.4 is 5.32 Å². The minimum Gasteiger partial charge on any atom is -0.448 e. The summed E-state index contributed by atoms with van der Waals surface area (Å²) in [7, 11) is 2.71. The predicted molar refractivity (Wildman–Crippen MR) is 87.8 cm³/mol. The minimum atomic E-state index is -0.860. The van der Waals surface area contributed by atoms with Crippen LogP contribution in [0.5, 0.6) is 0 Å². The fourth-order valence-electron chi connectivity index (χ4n) is 1.89. The molecule has 0 bridgehead atoms. The van der Waals surface area contributed by atoms with Gasteiger partial charge in [-0.15, -0.1) is 10.1 Å². The molecule has 0 aromatic carbocycles. The van der Waals surface area contributed by atoms with E-state index in [9.17, 15) is 24.5 Å². The first kappa shape index (κ1) is 20.4. The van der Waals surface area contributed by atoms with Crippen molar-refractivity contribution in [3.05, 3.63) is 10.1 Å². The fourth-order valence-corrected chi connectivity index (χ4v) is 3.54. The number of carbonyl (C=O) groups is 3. The average molecular weight is 381 g/mol. The van der Waals surface area contributed by atoms with Crippen LogP contribution in [-0.4, -0.2) is 65.2 Å². The van der Waals surface area contributed by atoms with Crippen LogP contribution in [0.2, 0.25) is 0 Å². The number of nitrogens with zero attached hydrogens (tertiary/aromatic N) is 2. The standard InChI is InChI=1S/C12H19N3O7S2/c1-9(14-4-2-3-10(14)16)11(17)13-12(18)21-5-7-23-24-8-6-22-15(19)20/h9H,2-8H2,1H3,(H,13,17,18)/t9-/m0/s1. The van der Waals surface area contributed by atoms with Gasteiger partial charge in [0.15, 0.2) is 0 Å². The summed E-state index contributed by atoms with van der Waals surface area (Å²) in [5.41, 5.74) is 0. The maximum atomic E-state index is 11.9. The van der Waals surface area contributed by atoms with E-state index >= 15 is 0 Å².